The van der Waals surface area contributed by atoms with E-state index in [1.165, 1.54) is 6.07 Å². The fraction of sp³-hybridized carbons (Fsp3) is 0.538. The molecule has 1 aromatic rings. The summed E-state index contributed by atoms with van der Waals surface area (Å²) in [7, 11) is 0. The number of para-hydroxylation sites is 1. The molecule has 7 heteroatoms. The van der Waals surface area contributed by atoms with Crippen molar-refractivity contribution in [3.05, 3.63) is 33.9 Å². The van der Waals surface area contributed by atoms with E-state index < -0.39 is 4.92 Å². The monoisotopic (exact) mass is 296 g/mol. The molecule has 2 unspecified atom stereocenters. The Labute approximate surface area is 122 Å². The first kappa shape index (κ1) is 15.1. The zero-order valence-corrected chi connectivity index (χ0v) is 12.5. The van der Waals surface area contributed by atoms with Crippen molar-refractivity contribution >= 4 is 23.1 Å². The zero-order chi connectivity index (χ0) is 14.7. The third-order valence-electron chi connectivity index (χ3n) is 3.86. The van der Waals surface area contributed by atoms with Crippen LogP contribution in [0.25, 0.3) is 0 Å². The van der Waals surface area contributed by atoms with Gasteiger partial charge in [0.1, 0.15) is 5.69 Å². The van der Waals surface area contributed by atoms with Crippen molar-refractivity contribution in [3.8, 4) is 0 Å². The number of hydrogen-bond donors (Lipinski definition) is 2. The Hall–Kier alpha value is -1.31. The summed E-state index contributed by atoms with van der Waals surface area (Å²) in [5, 5.41) is 11.6. The molecule has 0 aliphatic carbocycles. The minimum Gasteiger partial charge on any atom is -0.318 e. The van der Waals surface area contributed by atoms with Gasteiger partial charge in [-0.25, -0.2) is 0 Å². The fourth-order valence-electron chi connectivity index (χ4n) is 2.47. The van der Waals surface area contributed by atoms with Gasteiger partial charge in [0.15, 0.2) is 0 Å². The van der Waals surface area contributed by atoms with E-state index in [-0.39, 0.29) is 5.69 Å². The third-order valence-corrected chi connectivity index (χ3v) is 5.20. The number of nitrogens with one attached hydrogen (secondary N) is 1. The van der Waals surface area contributed by atoms with Gasteiger partial charge in [0.25, 0.3) is 5.69 Å². The van der Waals surface area contributed by atoms with Crippen LogP contribution < -0.4 is 11.3 Å². The predicted octanol–water partition coefficient (Wildman–Crippen LogP) is 2.21. The lowest BCUT2D eigenvalue weighted by atomic mass is 10.1. The minimum atomic E-state index is -0.406. The number of nitro groups is 1. The van der Waals surface area contributed by atoms with Crippen LogP contribution in [-0.4, -0.2) is 33.4 Å². The molecule has 0 spiro atoms. The highest BCUT2D eigenvalue weighted by Gasteiger charge is 2.26. The van der Waals surface area contributed by atoms with Crippen LogP contribution in [0.4, 0.5) is 11.4 Å². The number of hydrazine groups is 1. The quantitative estimate of drug-likeness (QED) is 0.503. The zero-order valence-electron chi connectivity index (χ0n) is 11.7. The number of nitrogens with two attached hydrogens (primary N) is 1. The van der Waals surface area contributed by atoms with Crippen LogP contribution in [0.5, 0.6) is 0 Å². The summed E-state index contributed by atoms with van der Waals surface area (Å²) in [6, 6.07) is 5.51. The average Bonchev–Trinajstić information content (AvgIpc) is 2.43. The summed E-state index contributed by atoms with van der Waals surface area (Å²) in [6.07, 6.45) is 0. The lowest BCUT2D eigenvalue weighted by molar-refractivity contribution is -0.384. The standard InChI is InChI=1S/C13H20N4O2S/c1-9-10(2)20-7-6-16(9)8-11-4-3-5-12(17(18)19)13(11)15-14/h3-5,9-10,15H,6-8,14H2,1-2H3. The summed E-state index contributed by atoms with van der Waals surface area (Å²) >= 11 is 1.97. The summed E-state index contributed by atoms with van der Waals surface area (Å²) in [5.74, 6) is 6.57. The van der Waals surface area contributed by atoms with Gasteiger partial charge >= 0.3 is 0 Å². The molecule has 2 rings (SSSR count). The van der Waals surface area contributed by atoms with E-state index in [0.29, 0.717) is 23.5 Å². The first-order valence-electron chi connectivity index (χ1n) is 6.63. The molecule has 1 heterocycles. The summed E-state index contributed by atoms with van der Waals surface area (Å²) < 4.78 is 0. The van der Waals surface area contributed by atoms with Crippen LogP contribution in [-0.2, 0) is 6.54 Å². The van der Waals surface area contributed by atoms with Crippen LogP contribution in [0, 0.1) is 10.1 Å². The van der Waals surface area contributed by atoms with Crippen LogP contribution in [0.3, 0.4) is 0 Å². The number of thioether (sulfide) groups is 1. The number of rotatable bonds is 4. The van der Waals surface area contributed by atoms with Gasteiger partial charge in [0, 0.05) is 36.2 Å². The molecular formula is C13H20N4O2S. The van der Waals surface area contributed by atoms with Gasteiger partial charge in [-0.1, -0.05) is 19.1 Å². The van der Waals surface area contributed by atoms with E-state index in [1.807, 2.05) is 17.8 Å². The number of nitro benzene ring substituents is 1. The molecule has 1 aromatic carbocycles. The molecule has 1 fully saturated rings. The van der Waals surface area contributed by atoms with Crippen molar-refractivity contribution < 1.29 is 4.92 Å². The maximum Gasteiger partial charge on any atom is 0.293 e. The molecule has 0 aromatic heterocycles. The van der Waals surface area contributed by atoms with Crippen LogP contribution >= 0.6 is 11.8 Å². The average molecular weight is 296 g/mol. The van der Waals surface area contributed by atoms with Crippen molar-refractivity contribution in [2.75, 3.05) is 17.7 Å². The van der Waals surface area contributed by atoms with Gasteiger partial charge in [-0.3, -0.25) is 20.9 Å². The molecule has 20 heavy (non-hydrogen) atoms. The summed E-state index contributed by atoms with van der Waals surface area (Å²) in [6.45, 7) is 6.08. The largest absolute Gasteiger partial charge is 0.318 e. The molecule has 110 valence electrons. The fourth-order valence-corrected chi connectivity index (χ4v) is 3.64. The van der Waals surface area contributed by atoms with Crippen LogP contribution in [0.2, 0.25) is 0 Å². The highest BCUT2D eigenvalue weighted by Crippen LogP contribution is 2.31. The minimum absolute atomic E-state index is 0.0251. The molecule has 2 atom stereocenters. The molecular weight excluding hydrogens is 276 g/mol. The molecule has 6 nitrogen and oxygen atoms in total. The second-order valence-electron chi connectivity index (χ2n) is 5.00. The van der Waals surface area contributed by atoms with E-state index in [9.17, 15) is 10.1 Å². The van der Waals surface area contributed by atoms with E-state index in [4.69, 9.17) is 5.84 Å². The first-order valence-corrected chi connectivity index (χ1v) is 7.68. The number of benzene rings is 1. The second kappa shape index (κ2) is 6.43. The topological polar surface area (TPSA) is 84.4 Å². The van der Waals surface area contributed by atoms with E-state index in [1.54, 1.807) is 6.07 Å². The van der Waals surface area contributed by atoms with E-state index in [0.717, 1.165) is 17.9 Å². The SMILES string of the molecule is CC1SCCN(Cc2cccc([N+](=O)[O-])c2NN)C1C. The van der Waals surface area contributed by atoms with Crippen molar-refractivity contribution in [1.29, 1.82) is 0 Å². The third kappa shape index (κ3) is 3.05. The van der Waals surface area contributed by atoms with E-state index in [2.05, 4.69) is 24.2 Å². The highest BCUT2D eigenvalue weighted by molar-refractivity contribution is 8.00. The van der Waals surface area contributed by atoms with Gasteiger partial charge in [-0.15, -0.1) is 0 Å². The number of anilines is 1. The van der Waals surface area contributed by atoms with Gasteiger partial charge < -0.3 is 5.43 Å². The molecule has 0 saturated carbocycles. The maximum atomic E-state index is 11.0. The van der Waals surface area contributed by atoms with E-state index >= 15 is 0 Å². The Morgan fingerprint density at radius 2 is 2.30 bits per heavy atom. The van der Waals surface area contributed by atoms with Gasteiger partial charge in [-0.2, -0.15) is 11.8 Å². The highest BCUT2D eigenvalue weighted by atomic mass is 32.2. The summed E-state index contributed by atoms with van der Waals surface area (Å²) in [5.41, 5.74) is 3.79. The Morgan fingerprint density at radius 3 is 2.95 bits per heavy atom. The van der Waals surface area contributed by atoms with Crippen molar-refractivity contribution in [2.45, 2.75) is 31.7 Å². The van der Waals surface area contributed by atoms with Crippen LogP contribution in [0.15, 0.2) is 18.2 Å². The first-order chi connectivity index (χ1) is 9.54. The second-order valence-corrected chi connectivity index (χ2v) is 6.48. The molecule has 0 amide bonds. The van der Waals surface area contributed by atoms with Crippen molar-refractivity contribution in [2.24, 2.45) is 5.84 Å². The Balaban J connectivity index is 2.24. The lowest BCUT2D eigenvalue weighted by Gasteiger charge is -2.37. The Kier molecular flexibility index (Phi) is 4.85. The lowest BCUT2D eigenvalue weighted by Crippen LogP contribution is -2.44. The molecule has 1 saturated heterocycles. The molecule has 0 bridgehead atoms. The Morgan fingerprint density at radius 1 is 1.55 bits per heavy atom. The molecule has 1 aliphatic heterocycles. The normalized spacial score (nSPS) is 23.6. The van der Waals surface area contributed by atoms with Gasteiger partial charge in [-0.05, 0) is 12.5 Å². The predicted molar refractivity (Wildman–Crippen MR) is 82.7 cm³/mol. The van der Waals surface area contributed by atoms with Gasteiger partial charge in [0.2, 0.25) is 0 Å². The molecule has 0 radical (unpaired) electrons. The smallest absolute Gasteiger partial charge is 0.293 e. The number of nitrogen functional groups attached to an aromatic ring is 1. The molecule has 1 aliphatic rings. The van der Waals surface area contributed by atoms with Crippen LogP contribution in [0.1, 0.15) is 19.4 Å². The van der Waals surface area contributed by atoms with Crippen molar-refractivity contribution in [1.82, 2.24) is 4.90 Å². The summed E-state index contributed by atoms with van der Waals surface area (Å²) in [4.78, 5) is 13.0. The number of nitrogens with zero attached hydrogens (tertiary/aromatic N) is 2. The number of hydrogen-bond acceptors (Lipinski definition) is 6. The Bertz CT molecular complexity index is 497. The van der Waals surface area contributed by atoms with Gasteiger partial charge in [0.05, 0.1) is 4.92 Å². The van der Waals surface area contributed by atoms with Crippen molar-refractivity contribution in [3.63, 3.8) is 0 Å². The molecule has 3 N–H and O–H groups in total. The maximum absolute atomic E-state index is 11.0.